The number of aromatic amines is 1. The third-order valence-electron chi connectivity index (χ3n) is 4.71. The number of benzene rings is 1. The lowest BCUT2D eigenvalue weighted by molar-refractivity contribution is 0.0935. The second-order valence-electron chi connectivity index (χ2n) is 6.41. The van der Waals surface area contributed by atoms with Gasteiger partial charge in [-0.15, -0.1) is 5.10 Å². The standard InChI is InChI=1S/C18H24N4O2/c23-18(17-13-20-22-21-17)19-12-15-8-6-14(7-9-15)10-11-24-16-4-2-1-3-5-16/h1-5,13-15H,6-12H2,(H,19,23)(H,20,21,22)/t14-,15+. The van der Waals surface area contributed by atoms with Crippen molar-refractivity contribution in [3.05, 3.63) is 42.2 Å². The van der Waals surface area contributed by atoms with Gasteiger partial charge < -0.3 is 10.1 Å². The van der Waals surface area contributed by atoms with E-state index >= 15 is 0 Å². The molecule has 1 aliphatic carbocycles. The van der Waals surface area contributed by atoms with Crippen molar-refractivity contribution >= 4 is 5.91 Å². The van der Waals surface area contributed by atoms with Gasteiger partial charge in [-0.1, -0.05) is 23.4 Å². The average molecular weight is 328 g/mol. The lowest BCUT2D eigenvalue weighted by Crippen LogP contribution is -2.31. The quantitative estimate of drug-likeness (QED) is 0.819. The number of carbonyl (C=O) groups excluding carboxylic acids is 1. The summed E-state index contributed by atoms with van der Waals surface area (Å²) in [7, 11) is 0. The van der Waals surface area contributed by atoms with Crippen LogP contribution in [0.4, 0.5) is 0 Å². The molecule has 1 aromatic carbocycles. The van der Waals surface area contributed by atoms with Crippen molar-refractivity contribution in [3.8, 4) is 5.75 Å². The van der Waals surface area contributed by atoms with Gasteiger partial charge >= 0.3 is 0 Å². The van der Waals surface area contributed by atoms with E-state index in [2.05, 4.69) is 20.7 Å². The van der Waals surface area contributed by atoms with Gasteiger partial charge in [0.2, 0.25) is 0 Å². The molecule has 128 valence electrons. The molecule has 6 nitrogen and oxygen atoms in total. The zero-order valence-electron chi connectivity index (χ0n) is 13.8. The molecule has 0 aliphatic heterocycles. The van der Waals surface area contributed by atoms with E-state index in [1.54, 1.807) is 0 Å². The van der Waals surface area contributed by atoms with Gasteiger partial charge in [-0.25, -0.2) is 0 Å². The van der Waals surface area contributed by atoms with Crippen LogP contribution in [0.1, 0.15) is 42.6 Å². The number of H-pyrrole nitrogens is 1. The Morgan fingerprint density at radius 3 is 2.62 bits per heavy atom. The van der Waals surface area contributed by atoms with Crippen molar-refractivity contribution in [1.82, 2.24) is 20.7 Å². The molecular formula is C18H24N4O2. The Morgan fingerprint density at radius 2 is 1.92 bits per heavy atom. The SMILES string of the molecule is O=C(NC[C@H]1CC[C@@H](CCOc2ccccc2)CC1)c1c[nH]nn1. The minimum absolute atomic E-state index is 0.151. The van der Waals surface area contributed by atoms with Crippen LogP contribution in [0.3, 0.4) is 0 Å². The molecule has 3 rings (SSSR count). The van der Waals surface area contributed by atoms with Gasteiger partial charge in [0.05, 0.1) is 12.8 Å². The Hall–Kier alpha value is -2.37. The highest BCUT2D eigenvalue weighted by molar-refractivity contribution is 5.91. The Balaban J connectivity index is 1.30. The number of nitrogens with one attached hydrogen (secondary N) is 2. The van der Waals surface area contributed by atoms with Crippen molar-refractivity contribution < 1.29 is 9.53 Å². The van der Waals surface area contributed by atoms with Crippen LogP contribution in [0.25, 0.3) is 0 Å². The highest BCUT2D eigenvalue weighted by Crippen LogP contribution is 2.30. The van der Waals surface area contributed by atoms with Crippen LogP contribution in [-0.4, -0.2) is 34.5 Å². The maximum atomic E-state index is 11.8. The van der Waals surface area contributed by atoms with E-state index in [0.29, 0.717) is 11.6 Å². The van der Waals surface area contributed by atoms with Crippen molar-refractivity contribution in [2.75, 3.05) is 13.2 Å². The van der Waals surface area contributed by atoms with E-state index in [-0.39, 0.29) is 5.91 Å². The monoisotopic (exact) mass is 328 g/mol. The van der Waals surface area contributed by atoms with E-state index < -0.39 is 0 Å². The smallest absolute Gasteiger partial charge is 0.273 e. The molecule has 1 aromatic heterocycles. The number of aromatic nitrogens is 3. The molecule has 2 N–H and O–H groups in total. The second kappa shape index (κ2) is 8.47. The van der Waals surface area contributed by atoms with Gasteiger partial charge in [0.1, 0.15) is 5.75 Å². The molecule has 6 heteroatoms. The topological polar surface area (TPSA) is 79.9 Å². The molecule has 0 bridgehead atoms. The predicted octanol–water partition coefficient (Wildman–Crippen LogP) is 2.81. The van der Waals surface area contributed by atoms with Crippen LogP contribution in [0.5, 0.6) is 5.75 Å². The lowest BCUT2D eigenvalue weighted by atomic mass is 9.80. The molecule has 2 aromatic rings. The molecule has 1 amide bonds. The van der Waals surface area contributed by atoms with Crippen LogP contribution in [0.2, 0.25) is 0 Å². The predicted molar refractivity (Wildman–Crippen MR) is 90.7 cm³/mol. The number of amides is 1. The maximum absolute atomic E-state index is 11.8. The minimum Gasteiger partial charge on any atom is -0.494 e. The molecular weight excluding hydrogens is 304 g/mol. The molecule has 1 aliphatic rings. The molecule has 0 unspecified atom stereocenters. The van der Waals surface area contributed by atoms with Crippen molar-refractivity contribution in [1.29, 1.82) is 0 Å². The van der Waals surface area contributed by atoms with Gasteiger partial charge in [0.25, 0.3) is 5.91 Å². The molecule has 0 saturated heterocycles. The summed E-state index contributed by atoms with van der Waals surface area (Å²) in [6.07, 6.45) is 7.36. The first-order chi connectivity index (χ1) is 11.8. The largest absolute Gasteiger partial charge is 0.494 e. The summed E-state index contributed by atoms with van der Waals surface area (Å²) in [4.78, 5) is 11.8. The Kier molecular flexibility index (Phi) is 5.82. The highest BCUT2D eigenvalue weighted by Gasteiger charge is 2.22. The third kappa shape index (κ3) is 4.81. The van der Waals surface area contributed by atoms with Crippen LogP contribution in [0, 0.1) is 11.8 Å². The van der Waals surface area contributed by atoms with E-state index in [9.17, 15) is 4.79 Å². The van der Waals surface area contributed by atoms with Crippen LogP contribution < -0.4 is 10.1 Å². The number of para-hydroxylation sites is 1. The van der Waals surface area contributed by atoms with E-state index in [0.717, 1.165) is 44.1 Å². The van der Waals surface area contributed by atoms with Gasteiger partial charge in [-0.3, -0.25) is 9.89 Å². The van der Waals surface area contributed by atoms with E-state index in [1.165, 1.54) is 19.0 Å². The zero-order valence-corrected chi connectivity index (χ0v) is 13.8. The maximum Gasteiger partial charge on any atom is 0.273 e. The summed E-state index contributed by atoms with van der Waals surface area (Å²) in [5, 5.41) is 12.8. The molecule has 0 radical (unpaired) electrons. The lowest BCUT2D eigenvalue weighted by Gasteiger charge is -2.28. The highest BCUT2D eigenvalue weighted by atomic mass is 16.5. The number of hydrogen-bond acceptors (Lipinski definition) is 4. The molecule has 1 heterocycles. The van der Waals surface area contributed by atoms with Crippen molar-refractivity contribution in [2.24, 2.45) is 11.8 Å². The van der Waals surface area contributed by atoms with Crippen LogP contribution in [-0.2, 0) is 0 Å². The molecule has 0 atom stereocenters. The fourth-order valence-corrected chi connectivity index (χ4v) is 3.22. The molecule has 1 fully saturated rings. The van der Waals surface area contributed by atoms with E-state index in [1.807, 2.05) is 30.3 Å². The number of nitrogens with zero attached hydrogens (tertiary/aromatic N) is 2. The Labute approximate surface area is 142 Å². The molecule has 24 heavy (non-hydrogen) atoms. The number of rotatable bonds is 7. The van der Waals surface area contributed by atoms with Crippen molar-refractivity contribution in [3.63, 3.8) is 0 Å². The van der Waals surface area contributed by atoms with E-state index in [4.69, 9.17) is 4.74 Å². The van der Waals surface area contributed by atoms with Crippen molar-refractivity contribution in [2.45, 2.75) is 32.1 Å². The molecule has 1 saturated carbocycles. The van der Waals surface area contributed by atoms with Gasteiger partial charge in [0, 0.05) is 6.54 Å². The summed E-state index contributed by atoms with van der Waals surface area (Å²) in [6.45, 7) is 1.50. The summed E-state index contributed by atoms with van der Waals surface area (Å²) < 4.78 is 5.78. The van der Waals surface area contributed by atoms with Gasteiger partial charge in [-0.2, -0.15) is 0 Å². The summed E-state index contributed by atoms with van der Waals surface area (Å²) in [5.41, 5.74) is 0.349. The summed E-state index contributed by atoms with van der Waals surface area (Å²) >= 11 is 0. The number of ether oxygens (including phenoxy) is 1. The minimum atomic E-state index is -0.151. The van der Waals surface area contributed by atoms with Crippen LogP contribution in [0.15, 0.2) is 36.5 Å². The first kappa shape index (κ1) is 16.5. The third-order valence-corrected chi connectivity index (χ3v) is 4.71. The molecule has 0 spiro atoms. The van der Waals surface area contributed by atoms with Gasteiger partial charge in [0.15, 0.2) is 5.69 Å². The fraction of sp³-hybridized carbons (Fsp3) is 0.500. The fourth-order valence-electron chi connectivity index (χ4n) is 3.22. The first-order valence-electron chi connectivity index (χ1n) is 8.64. The number of carbonyl (C=O) groups is 1. The summed E-state index contributed by atoms with van der Waals surface area (Å²) in [5.74, 6) is 2.09. The van der Waals surface area contributed by atoms with Gasteiger partial charge in [-0.05, 0) is 56.1 Å². The Morgan fingerprint density at radius 1 is 1.17 bits per heavy atom. The zero-order chi connectivity index (χ0) is 16.6. The second-order valence-corrected chi connectivity index (χ2v) is 6.41. The Bertz CT molecular complexity index is 607. The summed E-state index contributed by atoms with van der Waals surface area (Å²) in [6, 6.07) is 9.97. The van der Waals surface area contributed by atoms with Crippen LogP contribution >= 0.6 is 0 Å². The average Bonchev–Trinajstić information content (AvgIpc) is 3.16. The first-order valence-corrected chi connectivity index (χ1v) is 8.64. The normalized spacial score (nSPS) is 20.5. The number of hydrogen-bond donors (Lipinski definition) is 2.